The fourth-order valence-electron chi connectivity index (χ4n) is 13.1. The highest BCUT2D eigenvalue weighted by molar-refractivity contribution is 5.66. The van der Waals surface area contributed by atoms with Crippen molar-refractivity contribution in [3.8, 4) is 0 Å². The Balaban J connectivity index is 1.28. The first-order chi connectivity index (χ1) is 21.7. The highest BCUT2D eigenvalue weighted by atomic mass is 16.7. The number of esters is 1. The monoisotopic (exact) mass is 666 g/mol. The normalized spacial score (nSPS) is 51.5. The minimum Gasteiger partial charge on any atom is -0.462 e. The van der Waals surface area contributed by atoms with E-state index in [1.165, 1.54) is 6.92 Å². The fourth-order valence-corrected chi connectivity index (χ4v) is 13.1. The Morgan fingerprint density at radius 3 is 2.28 bits per heavy atom. The summed E-state index contributed by atoms with van der Waals surface area (Å²) in [5, 5.41) is 63.7. The van der Waals surface area contributed by atoms with Gasteiger partial charge in [0.25, 0.3) is 0 Å². The molecule has 1 saturated heterocycles. The molecule has 6 fully saturated rings. The number of ether oxygens (including phenoxy) is 3. The Kier molecular flexibility index (Phi) is 8.87. The molecule has 6 aliphatic rings. The lowest BCUT2D eigenvalue weighted by Crippen LogP contribution is -2.63. The summed E-state index contributed by atoms with van der Waals surface area (Å²) in [7, 11) is 0. The first-order valence-electron chi connectivity index (χ1n) is 18.2. The number of rotatable bonds is 8. The van der Waals surface area contributed by atoms with Crippen molar-refractivity contribution >= 4 is 5.97 Å². The van der Waals surface area contributed by atoms with E-state index in [9.17, 15) is 35.4 Å². The van der Waals surface area contributed by atoms with Gasteiger partial charge in [-0.25, -0.2) is 0 Å². The highest BCUT2D eigenvalue weighted by Crippen LogP contribution is 2.89. The van der Waals surface area contributed by atoms with Gasteiger partial charge in [-0.1, -0.05) is 34.6 Å². The molecule has 0 bridgehead atoms. The van der Waals surface area contributed by atoms with Crippen molar-refractivity contribution in [1.82, 2.24) is 0 Å². The van der Waals surface area contributed by atoms with E-state index in [1.807, 2.05) is 0 Å². The molecule has 5 saturated carbocycles. The van der Waals surface area contributed by atoms with Gasteiger partial charge in [-0.2, -0.15) is 0 Å². The Labute approximate surface area is 280 Å². The van der Waals surface area contributed by atoms with Gasteiger partial charge in [0, 0.05) is 12.8 Å². The predicted octanol–water partition coefficient (Wildman–Crippen LogP) is 3.31. The molecule has 0 radical (unpaired) electrons. The Morgan fingerprint density at radius 1 is 0.957 bits per heavy atom. The Bertz CT molecular complexity index is 1200. The lowest BCUT2D eigenvalue weighted by molar-refractivity contribution is -0.307. The van der Waals surface area contributed by atoms with Crippen LogP contribution in [0.25, 0.3) is 0 Å². The number of aliphatic hydroxyl groups excluding tert-OH is 5. The maximum Gasteiger partial charge on any atom is 0.302 e. The maximum atomic E-state index is 12.7. The largest absolute Gasteiger partial charge is 0.462 e. The summed E-state index contributed by atoms with van der Waals surface area (Å²) >= 11 is 0. The van der Waals surface area contributed by atoms with Gasteiger partial charge in [0.1, 0.15) is 24.4 Å². The number of aliphatic hydroxyl groups is 6. The van der Waals surface area contributed by atoms with Crippen LogP contribution >= 0.6 is 0 Å². The number of hydrogen-bond donors (Lipinski definition) is 6. The zero-order valence-electron chi connectivity index (χ0n) is 29.8. The third-order valence-electron chi connectivity index (χ3n) is 15.4. The number of fused-ring (bicyclic) bond motifs is 2. The Hall–Kier alpha value is -0.850. The summed E-state index contributed by atoms with van der Waals surface area (Å²) in [4.78, 5) is 12.7. The lowest BCUT2D eigenvalue weighted by Gasteiger charge is -2.64. The van der Waals surface area contributed by atoms with Crippen molar-refractivity contribution in [3.63, 3.8) is 0 Å². The van der Waals surface area contributed by atoms with Gasteiger partial charge in [-0.15, -0.1) is 0 Å². The fraction of sp³-hybridized carbons (Fsp3) is 0.973. The molecular formula is C37H62O10. The van der Waals surface area contributed by atoms with Crippen LogP contribution in [0, 0.1) is 50.7 Å². The van der Waals surface area contributed by atoms with Crippen LogP contribution in [0.4, 0.5) is 0 Å². The molecule has 270 valence electrons. The van der Waals surface area contributed by atoms with E-state index in [2.05, 4.69) is 34.6 Å². The van der Waals surface area contributed by atoms with Crippen LogP contribution in [0.2, 0.25) is 0 Å². The maximum absolute atomic E-state index is 12.7. The summed E-state index contributed by atoms with van der Waals surface area (Å²) in [6, 6.07) is 0. The van der Waals surface area contributed by atoms with Crippen LogP contribution in [0.3, 0.4) is 0 Å². The number of carbonyl (C=O) groups excluding carboxylic acids is 1. The number of carbonyl (C=O) groups is 1. The lowest BCUT2D eigenvalue weighted by atomic mass is 9.41. The third kappa shape index (κ3) is 5.20. The van der Waals surface area contributed by atoms with Crippen LogP contribution < -0.4 is 0 Å². The topological polar surface area (TPSA) is 166 Å². The molecule has 5 aliphatic carbocycles. The van der Waals surface area contributed by atoms with Crippen molar-refractivity contribution in [2.45, 2.75) is 168 Å². The molecule has 6 N–H and O–H groups in total. The van der Waals surface area contributed by atoms with Crippen molar-refractivity contribution in [1.29, 1.82) is 0 Å². The minimum atomic E-state index is -1.36. The standard InChI is InChI=1S/C37H62O10/c1-19(9-10-25(41)33(5,6)44)27-21(39)16-35(8)24-15-23(46-20(2)38)30-32(3,4)26(47-31-29(43)28(42)22(40)17-45-31)11-12-37(30)18-36(24,37)14-13-34(27,35)7/h19,21-31,39-44H,9-18H2,1-8H3/t19-,21+,22-,23+,24+,25-,26+,27+,28+,29-,30+,31+,34-,35+,36+,37-/m1/s1. The molecule has 10 nitrogen and oxygen atoms in total. The van der Waals surface area contributed by atoms with Crippen LogP contribution in [-0.2, 0) is 19.0 Å². The molecule has 0 unspecified atom stereocenters. The zero-order chi connectivity index (χ0) is 34.7. The van der Waals surface area contributed by atoms with E-state index in [-0.39, 0.29) is 70.1 Å². The zero-order valence-corrected chi connectivity index (χ0v) is 29.8. The second-order valence-corrected chi connectivity index (χ2v) is 18.5. The number of hydrogen-bond acceptors (Lipinski definition) is 10. The van der Waals surface area contributed by atoms with Gasteiger partial charge in [-0.05, 0) is 116 Å². The van der Waals surface area contributed by atoms with E-state index in [0.29, 0.717) is 12.8 Å². The molecule has 47 heavy (non-hydrogen) atoms. The molecule has 6 rings (SSSR count). The third-order valence-corrected chi connectivity index (χ3v) is 15.4. The van der Waals surface area contributed by atoms with E-state index < -0.39 is 47.8 Å². The van der Waals surface area contributed by atoms with Crippen LogP contribution in [0.15, 0.2) is 0 Å². The smallest absolute Gasteiger partial charge is 0.302 e. The quantitative estimate of drug-likeness (QED) is 0.167. The van der Waals surface area contributed by atoms with Crippen LogP contribution in [-0.4, -0.2) is 97.8 Å². The average Bonchev–Trinajstić information content (AvgIpc) is 3.55. The minimum absolute atomic E-state index is 0.0301. The molecule has 1 aliphatic heterocycles. The Morgan fingerprint density at radius 2 is 1.64 bits per heavy atom. The summed E-state index contributed by atoms with van der Waals surface area (Å²) in [5.74, 6) is 0.237. The van der Waals surface area contributed by atoms with Crippen molar-refractivity contribution in [3.05, 3.63) is 0 Å². The highest BCUT2D eigenvalue weighted by Gasteiger charge is 2.85. The molecule has 0 aromatic carbocycles. The molecular weight excluding hydrogens is 604 g/mol. The second-order valence-electron chi connectivity index (χ2n) is 18.5. The first-order valence-corrected chi connectivity index (χ1v) is 18.2. The predicted molar refractivity (Wildman–Crippen MR) is 173 cm³/mol. The second kappa shape index (κ2) is 11.6. The summed E-state index contributed by atoms with van der Waals surface area (Å²) < 4.78 is 18.4. The van der Waals surface area contributed by atoms with Gasteiger partial charge >= 0.3 is 5.97 Å². The van der Waals surface area contributed by atoms with E-state index >= 15 is 0 Å². The van der Waals surface area contributed by atoms with Crippen molar-refractivity contribution < 1.29 is 49.6 Å². The molecule has 0 aromatic heterocycles. The van der Waals surface area contributed by atoms with E-state index in [0.717, 1.165) is 44.9 Å². The molecule has 16 atom stereocenters. The molecule has 1 heterocycles. The summed E-state index contributed by atoms with van der Waals surface area (Å²) in [6.45, 7) is 16.0. The summed E-state index contributed by atoms with van der Waals surface area (Å²) in [6.07, 6.45) is 0.555. The van der Waals surface area contributed by atoms with Gasteiger partial charge in [-0.3, -0.25) is 4.79 Å². The molecule has 10 heteroatoms. The van der Waals surface area contributed by atoms with Gasteiger partial charge in [0.05, 0.1) is 30.5 Å². The van der Waals surface area contributed by atoms with Crippen LogP contribution in [0.5, 0.6) is 0 Å². The molecule has 0 amide bonds. The van der Waals surface area contributed by atoms with Crippen molar-refractivity contribution in [2.75, 3.05) is 6.61 Å². The average molecular weight is 667 g/mol. The van der Waals surface area contributed by atoms with Gasteiger partial charge in [0.15, 0.2) is 6.29 Å². The van der Waals surface area contributed by atoms with Crippen molar-refractivity contribution in [2.24, 2.45) is 50.7 Å². The summed E-state index contributed by atoms with van der Waals surface area (Å²) in [5.41, 5.74) is -1.85. The van der Waals surface area contributed by atoms with Gasteiger partial charge < -0.3 is 44.8 Å². The van der Waals surface area contributed by atoms with E-state index in [4.69, 9.17) is 14.2 Å². The molecule has 2 spiro atoms. The molecule has 0 aromatic rings. The van der Waals surface area contributed by atoms with Gasteiger partial charge in [0.2, 0.25) is 0 Å². The first kappa shape index (κ1) is 36.0. The van der Waals surface area contributed by atoms with Crippen LogP contribution in [0.1, 0.15) is 113 Å². The SMILES string of the molecule is CC(=O)O[C@H]1C[C@@H]2[C@]3(CC[C@]4(C)[C@@H]([C@H](C)CC[C@@H](O)C(C)(C)O)[C@@H](O)C[C@@]24C)C[C@@]32CC[C@H](O[C@@H]3OC[C@@H](O)[C@H](O)[C@H]3O)C(C)(C)[C@H]12. The van der Waals surface area contributed by atoms with E-state index in [1.54, 1.807) is 13.8 Å².